The molecule has 0 aromatic heterocycles. The van der Waals surface area contributed by atoms with E-state index in [1.54, 1.807) is 0 Å². The zero-order valence-electron chi connectivity index (χ0n) is 12.0. The van der Waals surface area contributed by atoms with Crippen LogP contribution in [0.2, 0.25) is 0 Å². The minimum atomic E-state index is 0.418. The first-order chi connectivity index (χ1) is 9.28. The molecule has 1 unspecified atom stereocenters. The monoisotopic (exact) mass is 262 g/mol. The van der Waals surface area contributed by atoms with Crippen LogP contribution in [0, 0.1) is 0 Å². The number of hydrogen-bond acceptors (Lipinski definition) is 3. The molecule has 1 saturated heterocycles. The average molecular weight is 262 g/mol. The standard InChI is InChI=1S/C16H26N2O/c1-2-9-18(13-16-8-3-4-10-19-16)12-14-6-5-7-15(17)11-14/h5-7,11,16H,2-4,8-10,12-13,17H2,1H3. The second-order valence-corrected chi connectivity index (χ2v) is 5.47. The Kier molecular flexibility index (Phi) is 5.67. The highest BCUT2D eigenvalue weighted by molar-refractivity contribution is 5.40. The molecule has 1 atom stereocenters. The van der Waals surface area contributed by atoms with Crippen molar-refractivity contribution in [2.75, 3.05) is 25.4 Å². The predicted molar refractivity (Wildman–Crippen MR) is 80.0 cm³/mol. The molecule has 3 heteroatoms. The number of benzene rings is 1. The zero-order valence-corrected chi connectivity index (χ0v) is 12.0. The lowest BCUT2D eigenvalue weighted by molar-refractivity contribution is -0.00713. The van der Waals surface area contributed by atoms with Crippen molar-refractivity contribution in [2.45, 2.75) is 45.3 Å². The highest BCUT2D eigenvalue weighted by Crippen LogP contribution is 2.16. The lowest BCUT2D eigenvalue weighted by Crippen LogP contribution is -2.36. The van der Waals surface area contributed by atoms with Gasteiger partial charge in [-0.1, -0.05) is 19.1 Å². The molecular weight excluding hydrogens is 236 g/mol. The second-order valence-electron chi connectivity index (χ2n) is 5.47. The van der Waals surface area contributed by atoms with E-state index in [2.05, 4.69) is 24.0 Å². The van der Waals surface area contributed by atoms with Crippen molar-refractivity contribution in [1.29, 1.82) is 0 Å². The Morgan fingerprint density at radius 2 is 2.26 bits per heavy atom. The highest BCUT2D eigenvalue weighted by Gasteiger charge is 2.17. The minimum absolute atomic E-state index is 0.418. The largest absolute Gasteiger partial charge is 0.399 e. The van der Waals surface area contributed by atoms with Crippen LogP contribution in [-0.4, -0.2) is 30.7 Å². The smallest absolute Gasteiger partial charge is 0.0702 e. The van der Waals surface area contributed by atoms with Crippen LogP contribution in [0.4, 0.5) is 5.69 Å². The molecule has 19 heavy (non-hydrogen) atoms. The number of rotatable bonds is 6. The van der Waals surface area contributed by atoms with Crippen LogP contribution in [0.15, 0.2) is 24.3 Å². The number of nitrogens with two attached hydrogens (primary N) is 1. The second kappa shape index (κ2) is 7.51. The molecule has 0 bridgehead atoms. The maximum absolute atomic E-state index is 5.85. The van der Waals surface area contributed by atoms with Gasteiger partial charge in [0.05, 0.1) is 6.10 Å². The molecule has 1 fully saturated rings. The van der Waals surface area contributed by atoms with Crippen LogP contribution in [0.5, 0.6) is 0 Å². The first-order valence-electron chi connectivity index (χ1n) is 7.46. The molecule has 0 amide bonds. The topological polar surface area (TPSA) is 38.5 Å². The molecule has 2 N–H and O–H groups in total. The lowest BCUT2D eigenvalue weighted by atomic mass is 10.1. The Morgan fingerprint density at radius 1 is 1.37 bits per heavy atom. The summed E-state index contributed by atoms with van der Waals surface area (Å²) < 4.78 is 5.85. The molecule has 1 aromatic carbocycles. The first kappa shape index (κ1) is 14.4. The third-order valence-electron chi connectivity index (χ3n) is 3.63. The average Bonchev–Trinajstić information content (AvgIpc) is 2.40. The van der Waals surface area contributed by atoms with Crippen LogP contribution < -0.4 is 5.73 Å². The Labute approximate surface area is 116 Å². The van der Waals surface area contributed by atoms with Gasteiger partial charge in [0, 0.05) is 25.4 Å². The van der Waals surface area contributed by atoms with Gasteiger partial charge in [0.15, 0.2) is 0 Å². The summed E-state index contributed by atoms with van der Waals surface area (Å²) in [4.78, 5) is 2.49. The van der Waals surface area contributed by atoms with E-state index < -0.39 is 0 Å². The van der Waals surface area contributed by atoms with Crippen molar-refractivity contribution in [2.24, 2.45) is 0 Å². The van der Waals surface area contributed by atoms with E-state index in [1.807, 2.05) is 12.1 Å². The van der Waals surface area contributed by atoms with E-state index in [9.17, 15) is 0 Å². The fraction of sp³-hybridized carbons (Fsp3) is 0.625. The van der Waals surface area contributed by atoms with E-state index in [-0.39, 0.29) is 0 Å². The molecule has 3 nitrogen and oxygen atoms in total. The van der Waals surface area contributed by atoms with Crippen LogP contribution >= 0.6 is 0 Å². The van der Waals surface area contributed by atoms with Gasteiger partial charge in [-0.2, -0.15) is 0 Å². The van der Waals surface area contributed by atoms with Gasteiger partial charge in [0.2, 0.25) is 0 Å². The van der Waals surface area contributed by atoms with Gasteiger partial charge >= 0.3 is 0 Å². The lowest BCUT2D eigenvalue weighted by Gasteiger charge is -2.29. The molecule has 0 spiro atoms. The van der Waals surface area contributed by atoms with Crippen LogP contribution in [0.3, 0.4) is 0 Å². The van der Waals surface area contributed by atoms with Crippen LogP contribution in [0.25, 0.3) is 0 Å². The van der Waals surface area contributed by atoms with Crippen molar-refractivity contribution in [3.63, 3.8) is 0 Å². The number of anilines is 1. The van der Waals surface area contributed by atoms with Crippen molar-refractivity contribution < 1.29 is 4.74 Å². The summed E-state index contributed by atoms with van der Waals surface area (Å²) in [7, 11) is 0. The summed E-state index contributed by atoms with van der Waals surface area (Å²) in [6.07, 6.45) is 5.33. The summed E-state index contributed by atoms with van der Waals surface area (Å²) in [6.45, 7) is 6.30. The number of nitrogen functional groups attached to an aromatic ring is 1. The maximum Gasteiger partial charge on any atom is 0.0702 e. The quantitative estimate of drug-likeness (QED) is 0.801. The van der Waals surface area contributed by atoms with E-state index >= 15 is 0 Å². The summed E-state index contributed by atoms with van der Waals surface area (Å²) in [6, 6.07) is 8.20. The normalized spacial score (nSPS) is 19.8. The van der Waals surface area contributed by atoms with E-state index in [4.69, 9.17) is 10.5 Å². The Balaban J connectivity index is 1.91. The van der Waals surface area contributed by atoms with Crippen molar-refractivity contribution in [3.05, 3.63) is 29.8 Å². The minimum Gasteiger partial charge on any atom is -0.399 e. The molecular formula is C16H26N2O. The molecule has 0 radical (unpaired) electrons. The number of nitrogens with zero attached hydrogens (tertiary/aromatic N) is 1. The van der Waals surface area contributed by atoms with Gasteiger partial charge in [-0.3, -0.25) is 4.90 Å². The Bertz CT molecular complexity index is 375. The number of ether oxygens (including phenoxy) is 1. The molecule has 0 aliphatic carbocycles. The summed E-state index contributed by atoms with van der Waals surface area (Å²) in [5.74, 6) is 0. The number of hydrogen-bond donors (Lipinski definition) is 1. The van der Waals surface area contributed by atoms with E-state index in [0.717, 1.165) is 31.9 Å². The predicted octanol–water partition coefficient (Wildman–Crippen LogP) is 3.05. The Hall–Kier alpha value is -1.06. The molecule has 106 valence electrons. The first-order valence-corrected chi connectivity index (χ1v) is 7.46. The summed E-state index contributed by atoms with van der Waals surface area (Å²) >= 11 is 0. The van der Waals surface area contributed by atoms with Crippen molar-refractivity contribution in [3.8, 4) is 0 Å². The molecule has 1 aliphatic rings. The van der Waals surface area contributed by atoms with Gasteiger partial charge in [-0.25, -0.2) is 0 Å². The van der Waals surface area contributed by atoms with Gasteiger partial charge in [-0.05, 0) is 49.9 Å². The zero-order chi connectivity index (χ0) is 13.5. The van der Waals surface area contributed by atoms with Crippen molar-refractivity contribution >= 4 is 5.69 Å². The molecule has 1 aromatic rings. The fourth-order valence-electron chi connectivity index (χ4n) is 2.74. The third kappa shape index (κ3) is 4.84. The fourth-order valence-corrected chi connectivity index (χ4v) is 2.74. The summed E-state index contributed by atoms with van der Waals surface area (Å²) in [5, 5.41) is 0. The van der Waals surface area contributed by atoms with Crippen molar-refractivity contribution in [1.82, 2.24) is 4.90 Å². The van der Waals surface area contributed by atoms with Gasteiger partial charge < -0.3 is 10.5 Å². The van der Waals surface area contributed by atoms with Gasteiger partial charge in [0.1, 0.15) is 0 Å². The van der Waals surface area contributed by atoms with Gasteiger partial charge in [0.25, 0.3) is 0 Å². The Morgan fingerprint density at radius 3 is 2.95 bits per heavy atom. The van der Waals surface area contributed by atoms with Crippen LogP contribution in [-0.2, 0) is 11.3 Å². The molecule has 1 heterocycles. The summed E-state index contributed by atoms with van der Waals surface area (Å²) in [5.41, 5.74) is 7.99. The molecule has 1 aliphatic heterocycles. The molecule has 2 rings (SSSR count). The van der Waals surface area contributed by atoms with E-state index in [0.29, 0.717) is 6.10 Å². The van der Waals surface area contributed by atoms with Crippen LogP contribution in [0.1, 0.15) is 38.2 Å². The maximum atomic E-state index is 5.85. The van der Waals surface area contributed by atoms with E-state index in [1.165, 1.54) is 31.2 Å². The highest BCUT2D eigenvalue weighted by atomic mass is 16.5. The molecule has 0 saturated carbocycles. The third-order valence-corrected chi connectivity index (χ3v) is 3.63. The van der Waals surface area contributed by atoms with Gasteiger partial charge in [-0.15, -0.1) is 0 Å². The SMILES string of the molecule is CCCN(Cc1cccc(N)c1)CC1CCCCO1.